The molecule has 1 heterocycles. The molecule has 0 amide bonds. The molecule has 2 aromatic rings. The maximum absolute atomic E-state index is 5.25. The van der Waals surface area contributed by atoms with Crippen LogP contribution in [0.4, 0.5) is 0 Å². The summed E-state index contributed by atoms with van der Waals surface area (Å²) in [5.41, 5.74) is 0.817. The third-order valence-corrected chi connectivity index (χ3v) is 2.39. The first-order chi connectivity index (χ1) is 8.30. The van der Waals surface area contributed by atoms with Crippen molar-refractivity contribution in [2.24, 2.45) is 0 Å². The molecule has 17 heavy (non-hydrogen) atoms. The molecule has 0 fully saturated rings. The van der Waals surface area contributed by atoms with E-state index in [-0.39, 0.29) is 0 Å². The molecule has 0 aliphatic rings. The lowest BCUT2D eigenvalue weighted by Crippen LogP contribution is -1.95. The molecular weight excluding hydrogens is 222 g/mol. The lowest BCUT2D eigenvalue weighted by Gasteiger charge is -2.12. The second-order valence-electron chi connectivity index (χ2n) is 3.29. The van der Waals surface area contributed by atoms with Gasteiger partial charge < -0.3 is 18.7 Å². The van der Waals surface area contributed by atoms with E-state index in [0.29, 0.717) is 23.0 Å². The zero-order valence-corrected chi connectivity index (χ0v) is 9.89. The van der Waals surface area contributed by atoms with Gasteiger partial charge in [-0.2, -0.15) is 0 Å². The minimum absolute atomic E-state index is 0.554. The quantitative estimate of drug-likeness (QED) is 0.814. The first kappa shape index (κ1) is 11.3. The van der Waals surface area contributed by atoms with Crippen LogP contribution in [-0.4, -0.2) is 26.5 Å². The highest BCUT2D eigenvalue weighted by molar-refractivity contribution is 5.67. The average Bonchev–Trinajstić information content (AvgIpc) is 2.90. The highest BCUT2D eigenvalue weighted by Gasteiger charge is 2.15. The molecule has 5 nitrogen and oxygen atoms in total. The lowest BCUT2D eigenvalue weighted by molar-refractivity contribution is 0.324. The van der Waals surface area contributed by atoms with E-state index in [9.17, 15) is 0 Å². The fourth-order valence-electron chi connectivity index (χ4n) is 1.59. The molecule has 0 aliphatic carbocycles. The summed E-state index contributed by atoms with van der Waals surface area (Å²) in [5, 5.41) is 3.66. The predicted octanol–water partition coefficient (Wildman–Crippen LogP) is 2.37. The van der Waals surface area contributed by atoms with E-state index in [0.717, 1.165) is 5.56 Å². The van der Waals surface area contributed by atoms with E-state index in [1.807, 2.05) is 12.1 Å². The molecular formula is C12H13NO4. The number of hydrogen-bond donors (Lipinski definition) is 0. The number of ether oxygens (including phenoxy) is 3. The summed E-state index contributed by atoms with van der Waals surface area (Å²) in [5.74, 6) is 2.36. The van der Waals surface area contributed by atoms with Crippen molar-refractivity contribution in [2.45, 2.75) is 0 Å². The second-order valence-corrected chi connectivity index (χ2v) is 3.29. The molecule has 0 bridgehead atoms. The second kappa shape index (κ2) is 4.78. The SMILES string of the molecule is COc1cc(-c2ccno2)cc(OC)c1OC. The van der Waals surface area contributed by atoms with Crippen LogP contribution in [-0.2, 0) is 0 Å². The van der Waals surface area contributed by atoms with Crippen LogP contribution in [0.25, 0.3) is 11.3 Å². The summed E-state index contributed by atoms with van der Waals surface area (Å²) in [4.78, 5) is 0. The summed E-state index contributed by atoms with van der Waals surface area (Å²) in [6.07, 6.45) is 1.58. The first-order valence-electron chi connectivity index (χ1n) is 5.01. The Bertz CT molecular complexity index is 468. The minimum atomic E-state index is 0.554. The van der Waals surface area contributed by atoms with Crippen molar-refractivity contribution in [1.29, 1.82) is 0 Å². The summed E-state index contributed by atoms with van der Waals surface area (Å²) in [6.45, 7) is 0. The molecule has 0 unspecified atom stereocenters. The fourth-order valence-corrected chi connectivity index (χ4v) is 1.59. The first-order valence-corrected chi connectivity index (χ1v) is 5.01. The van der Waals surface area contributed by atoms with Gasteiger partial charge in [0.05, 0.1) is 27.5 Å². The summed E-state index contributed by atoms with van der Waals surface area (Å²) < 4.78 is 20.8. The van der Waals surface area contributed by atoms with Crippen molar-refractivity contribution in [1.82, 2.24) is 5.16 Å². The zero-order chi connectivity index (χ0) is 12.3. The Kier molecular flexibility index (Phi) is 3.18. The molecule has 0 saturated heterocycles. The van der Waals surface area contributed by atoms with Crippen molar-refractivity contribution in [3.05, 3.63) is 24.4 Å². The van der Waals surface area contributed by atoms with Gasteiger partial charge in [0.1, 0.15) is 0 Å². The Morgan fingerprint density at radius 3 is 2.06 bits per heavy atom. The fraction of sp³-hybridized carbons (Fsp3) is 0.250. The highest BCUT2D eigenvalue weighted by Crippen LogP contribution is 2.40. The van der Waals surface area contributed by atoms with E-state index in [1.165, 1.54) is 0 Å². The Hall–Kier alpha value is -2.17. The Morgan fingerprint density at radius 2 is 1.65 bits per heavy atom. The molecule has 0 aliphatic heterocycles. The van der Waals surface area contributed by atoms with Gasteiger partial charge in [-0.1, -0.05) is 5.16 Å². The van der Waals surface area contributed by atoms with Gasteiger partial charge in [0, 0.05) is 11.6 Å². The van der Waals surface area contributed by atoms with Crippen LogP contribution < -0.4 is 14.2 Å². The van der Waals surface area contributed by atoms with Crippen LogP contribution in [0.1, 0.15) is 0 Å². The van der Waals surface area contributed by atoms with Gasteiger partial charge in [0.2, 0.25) is 5.75 Å². The largest absolute Gasteiger partial charge is 0.493 e. The average molecular weight is 235 g/mol. The lowest BCUT2D eigenvalue weighted by atomic mass is 10.1. The van der Waals surface area contributed by atoms with Gasteiger partial charge in [-0.3, -0.25) is 0 Å². The van der Waals surface area contributed by atoms with Crippen LogP contribution in [0.2, 0.25) is 0 Å². The van der Waals surface area contributed by atoms with E-state index >= 15 is 0 Å². The Labute approximate surface area is 98.9 Å². The molecule has 0 spiro atoms. The van der Waals surface area contributed by atoms with Crippen LogP contribution in [0.3, 0.4) is 0 Å². The maximum Gasteiger partial charge on any atom is 0.203 e. The molecule has 2 rings (SSSR count). The number of hydrogen-bond acceptors (Lipinski definition) is 5. The Balaban J connectivity index is 2.56. The van der Waals surface area contributed by atoms with Gasteiger partial charge in [0.15, 0.2) is 17.3 Å². The van der Waals surface area contributed by atoms with Crippen molar-refractivity contribution >= 4 is 0 Å². The van der Waals surface area contributed by atoms with Crippen molar-refractivity contribution < 1.29 is 18.7 Å². The summed E-state index contributed by atoms with van der Waals surface area (Å²) >= 11 is 0. The van der Waals surface area contributed by atoms with Crippen LogP contribution in [0.15, 0.2) is 28.9 Å². The minimum Gasteiger partial charge on any atom is -0.493 e. The number of nitrogens with zero attached hydrogens (tertiary/aromatic N) is 1. The van der Waals surface area contributed by atoms with E-state index in [2.05, 4.69) is 5.16 Å². The standard InChI is InChI=1S/C12H13NO4/c1-14-10-6-8(9-4-5-13-17-9)7-11(15-2)12(10)16-3/h4-7H,1-3H3. The molecule has 90 valence electrons. The van der Waals surface area contributed by atoms with Crippen molar-refractivity contribution in [2.75, 3.05) is 21.3 Å². The predicted molar refractivity (Wildman–Crippen MR) is 61.6 cm³/mol. The third-order valence-electron chi connectivity index (χ3n) is 2.39. The maximum atomic E-state index is 5.25. The van der Waals surface area contributed by atoms with Crippen molar-refractivity contribution in [3.8, 4) is 28.6 Å². The topological polar surface area (TPSA) is 53.7 Å². The van der Waals surface area contributed by atoms with Gasteiger partial charge >= 0.3 is 0 Å². The molecule has 0 atom stereocenters. The van der Waals surface area contributed by atoms with Crippen molar-refractivity contribution in [3.63, 3.8) is 0 Å². The number of aromatic nitrogens is 1. The number of benzene rings is 1. The van der Waals surface area contributed by atoms with E-state index in [1.54, 1.807) is 33.6 Å². The molecule has 0 radical (unpaired) electrons. The van der Waals surface area contributed by atoms with Crippen LogP contribution in [0.5, 0.6) is 17.2 Å². The van der Waals surface area contributed by atoms with Gasteiger partial charge in [0.25, 0.3) is 0 Å². The van der Waals surface area contributed by atoms with E-state index in [4.69, 9.17) is 18.7 Å². The van der Waals surface area contributed by atoms with Crippen LogP contribution >= 0.6 is 0 Å². The molecule has 1 aromatic carbocycles. The van der Waals surface area contributed by atoms with E-state index < -0.39 is 0 Å². The van der Waals surface area contributed by atoms with Gasteiger partial charge in [-0.25, -0.2) is 0 Å². The molecule has 5 heteroatoms. The number of methoxy groups -OCH3 is 3. The monoisotopic (exact) mass is 235 g/mol. The van der Waals surface area contributed by atoms with Crippen LogP contribution in [0, 0.1) is 0 Å². The number of rotatable bonds is 4. The third kappa shape index (κ3) is 2.04. The normalized spacial score (nSPS) is 10.1. The zero-order valence-electron chi connectivity index (χ0n) is 9.89. The summed E-state index contributed by atoms with van der Waals surface area (Å²) in [7, 11) is 4.71. The molecule has 0 N–H and O–H groups in total. The van der Waals surface area contributed by atoms with Gasteiger partial charge in [-0.05, 0) is 12.1 Å². The highest BCUT2D eigenvalue weighted by atomic mass is 16.5. The molecule has 0 saturated carbocycles. The molecule has 1 aromatic heterocycles. The smallest absolute Gasteiger partial charge is 0.203 e. The van der Waals surface area contributed by atoms with Gasteiger partial charge in [-0.15, -0.1) is 0 Å². The summed E-state index contributed by atoms with van der Waals surface area (Å²) in [6, 6.07) is 5.38. The Morgan fingerprint density at radius 1 is 1.00 bits per heavy atom.